The Bertz CT molecular complexity index is 536. The standard InChI is InChI=1S/C14H16F3NO4/c15-14(16,17)7-3-1-6(2-4-7)5-18-8-9(19)10(20)11(21)13-12(8)22-13/h1-4,8-13,18-21H,5H2/t8-,9+,10-,11+,12+,13-/m1/s1. The van der Waals surface area contributed by atoms with Crippen molar-refractivity contribution in [3.63, 3.8) is 0 Å². The lowest BCUT2D eigenvalue weighted by molar-refractivity contribution is -0.137. The molecular weight excluding hydrogens is 303 g/mol. The zero-order valence-electron chi connectivity index (χ0n) is 11.4. The van der Waals surface area contributed by atoms with Gasteiger partial charge < -0.3 is 25.4 Å². The summed E-state index contributed by atoms with van der Waals surface area (Å²) >= 11 is 0. The molecule has 1 aliphatic heterocycles. The fourth-order valence-corrected chi connectivity index (χ4v) is 2.79. The van der Waals surface area contributed by atoms with Crippen molar-refractivity contribution >= 4 is 0 Å². The van der Waals surface area contributed by atoms with Crippen molar-refractivity contribution in [3.05, 3.63) is 35.4 Å². The number of aliphatic hydroxyl groups is 3. The molecule has 0 bridgehead atoms. The van der Waals surface area contributed by atoms with Gasteiger partial charge in [-0.3, -0.25) is 0 Å². The van der Waals surface area contributed by atoms with Gasteiger partial charge in [-0.2, -0.15) is 13.2 Å². The highest BCUT2D eigenvalue weighted by Crippen LogP contribution is 2.37. The molecule has 122 valence electrons. The smallest absolute Gasteiger partial charge is 0.389 e. The van der Waals surface area contributed by atoms with E-state index in [0.717, 1.165) is 12.1 Å². The summed E-state index contributed by atoms with van der Waals surface area (Å²) in [6, 6.07) is 4.10. The molecule has 22 heavy (non-hydrogen) atoms. The molecule has 2 fully saturated rings. The molecule has 0 aromatic heterocycles. The second-order valence-corrected chi connectivity index (χ2v) is 5.64. The van der Waals surface area contributed by atoms with Crippen LogP contribution in [0.25, 0.3) is 0 Å². The quantitative estimate of drug-likeness (QED) is 0.591. The maximum atomic E-state index is 12.5. The van der Waals surface area contributed by atoms with E-state index in [9.17, 15) is 28.5 Å². The Kier molecular flexibility index (Phi) is 3.90. The predicted octanol–water partition coefficient (Wildman–Crippen LogP) is 0.0273. The molecule has 0 amide bonds. The van der Waals surface area contributed by atoms with Gasteiger partial charge in [-0.05, 0) is 17.7 Å². The minimum absolute atomic E-state index is 0.218. The van der Waals surface area contributed by atoms with E-state index >= 15 is 0 Å². The van der Waals surface area contributed by atoms with E-state index in [1.165, 1.54) is 12.1 Å². The highest BCUT2D eigenvalue weighted by atomic mass is 19.4. The first-order valence-electron chi connectivity index (χ1n) is 6.88. The summed E-state index contributed by atoms with van der Waals surface area (Å²) in [5, 5.41) is 32.2. The van der Waals surface area contributed by atoms with Crippen LogP contribution >= 0.6 is 0 Å². The summed E-state index contributed by atoms with van der Waals surface area (Å²) in [5.74, 6) is 0. The molecular formula is C14H16F3NO4. The molecule has 1 saturated carbocycles. The van der Waals surface area contributed by atoms with Gasteiger partial charge >= 0.3 is 6.18 Å². The molecule has 1 heterocycles. The molecule has 4 N–H and O–H groups in total. The summed E-state index contributed by atoms with van der Waals surface area (Å²) in [5.41, 5.74) is -0.115. The highest BCUT2D eigenvalue weighted by Gasteiger charge is 2.59. The Morgan fingerprint density at radius 1 is 0.955 bits per heavy atom. The Morgan fingerprint density at radius 3 is 2.18 bits per heavy atom. The van der Waals surface area contributed by atoms with Crippen LogP contribution in [-0.2, 0) is 17.5 Å². The molecule has 3 rings (SSSR count). The van der Waals surface area contributed by atoms with E-state index in [2.05, 4.69) is 5.32 Å². The molecule has 8 heteroatoms. The third-order valence-electron chi connectivity index (χ3n) is 4.14. The minimum atomic E-state index is -4.37. The third kappa shape index (κ3) is 2.84. The summed E-state index contributed by atoms with van der Waals surface area (Å²) in [6.45, 7) is 0.218. The van der Waals surface area contributed by atoms with Crippen LogP contribution < -0.4 is 5.32 Å². The number of alkyl halides is 3. The van der Waals surface area contributed by atoms with Gasteiger partial charge in [0.15, 0.2) is 0 Å². The number of fused-ring (bicyclic) bond motifs is 1. The SMILES string of the molecule is O[C@@H]1[C@@H](O)[C@@H](NCc2ccc(C(F)(F)F)cc2)[C@@H]2O[C@@H]2[C@H]1O. The fraction of sp³-hybridized carbons (Fsp3) is 0.571. The van der Waals surface area contributed by atoms with Crippen LogP contribution in [0.15, 0.2) is 24.3 Å². The Hall–Kier alpha value is -1.19. The summed E-state index contributed by atoms with van der Waals surface area (Å²) in [4.78, 5) is 0. The van der Waals surface area contributed by atoms with Crippen molar-refractivity contribution in [2.24, 2.45) is 0 Å². The number of rotatable bonds is 3. The van der Waals surface area contributed by atoms with Gasteiger partial charge in [0, 0.05) is 6.54 Å². The molecule has 1 aromatic rings. The van der Waals surface area contributed by atoms with E-state index in [-0.39, 0.29) is 6.54 Å². The zero-order chi connectivity index (χ0) is 16.1. The molecule has 5 nitrogen and oxygen atoms in total. The van der Waals surface area contributed by atoms with Crippen molar-refractivity contribution in [2.75, 3.05) is 0 Å². The zero-order valence-corrected chi connectivity index (χ0v) is 11.4. The van der Waals surface area contributed by atoms with E-state index in [1.54, 1.807) is 0 Å². The molecule has 1 saturated heterocycles. The van der Waals surface area contributed by atoms with E-state index in [4.69, 9.17) is 4.74 Å². The second-order valence-electron chi connectivity index (χ2n) is 5.64. The van der Waals surface area contributed by atoms with Gasteiger partial charge in [0.1, 0.15) is 30.5 Å². The van der Waals surface area contributed by atoms with Gasteiger partial charge in [-0.1, -0.05) is 12.1 Å². The lowest BCUT2D eigenvalue weighted by Gasteiger charge is -2.32. The number of hydrogen-bond acceptors (Lipinski definition) is 5. The number of nitrogens with one attached hydrogen (secondary N) is 1. The topological polar surface area (TPSA) is 85.2 Å². The summed E-state index contributed by atoms with van der Waals surface area (Å²) < 4.78 is 42.6. The van der Waals surface area contributed by atoms with Gasteiger partial charge in [-0.15, -0.1) is 0 Å². The summed E-state index contributed by atoms with van der Waals surface area (Å²) in [7, 11) is 0. The number of halogens is 3. The number of aliphatic hydroxyl groups excluding tert-OH is 3. The maximum absolute atomic E-state index is 12.5. The number of hydrogen-bond donors (Lipinski definition) is 4. The molecule has 0 unspecified atom stereocenters. The fourth-order valence-electron chi connectivity index (χ4n) is 2.79. The van der Waals surface area contributed by atoms with Crippen LogP contribution in [0.5, 0.6) is 0 Å². The largest absolute Gasteiger partial charge is 0.416 e. The van der Waals surface area contributed by atoms with Gasteiger partial charge in [-0.25, -0.2) is 0 Å². The van der Waals surface area contributed by atoms with Crippen molar-refractivity contribution in [3.8, 4) is 0 Å². The molecule has 1 aromatic carbocycles. The first kappa shape index (κ1) is 15.7. The molecule has 1 aliphatic carbocycles. The van der Waals surface area contributed by atoms with Crippen molar-refractivity contribution < 1.29 is 33.2 Å². The molecule has 6 atom stereocenters. The maximum Gasteiger partial charge on any atom is 0.416 e. The van der Waals surface area contributed by atoms with E-state index in [0.29, 0.717) is 5.56 Å². The first-order valence-corrected chi connectivity index (χ1v) is 6.88. The summed E-state index contributed by atoms with van der Waals surface area (Å²) in [6.07, 6.45) is -8.92. The van der Waals surface area contributed by atoms with Crippen LogP contribution in [0.2, 0.25) is 0 Å². The van der Waals surface area contributed by atoms with Gasteiger partial charge in [0.05, 0.1) is 11.6 Å². The lowest BCUT2D eigenvalue weighted by atomic mass is 9.87. The predicted molar refractivity (Wildman–Crippen MR) is 68.8 cm³/mol. The van der Waals surface area contributed by atoms with E-state index < -0.39 is 48.3 Å². The Morgan fingerprint density at radius 2 is 1.59 bits per heavy atom. The molecule has 0 radical (unpaired) electrons. The van der Waals surface area contributed by atoms with Crippen LogP contribution in [0, 0.1) is 0 Å². The highest BCUT2D eigenvalue weighted by molar-refractivity contribution is 5.24. The van der Waals surface area contributed by atoms with Gasteiger partial charge in [0.2, 0.25) is 0 Å². The minimum Gasteiger partial charge on any atom is -0.389 e. The average Bonchev–Trinajstić information content (AvgIpc) is 3.25. The van der Waals surface area contributed by atoms with Crippen LogP contribution in [0.4, 0.5) is 13.2 Å². The van der Waals surface area contributed by atoms with E-state index in [1.807, 2.05) is 0 Å². The Balaban J connectivity index is 1.61. The van der Waals surface area contributed by atoms with Gasteiger partial charge in [0.25, 0.3) is 0 Å². The third-order valence-corrected chi connectivity index (χ3v) is 4.14. The van der Waals surface area contributed by atoms with Crippen LogP contribution in [0.1, 0.15) is 11.1 Å². The molecule has 2 aliphatic rings. The van der Waals surface area contributed by atoms with Crippen LogP contribution in [-0.4, -0.2) is 51.9 Å². The molecule has 0 spiro atoms. The monoisotopic (exact) mass is 319 g/mol. The number of epoxide rings is 1. The van der Waals surface area contributed by atoms with Crippen molar-refractivity contribution in [2.45, 2.75) is 49.3 Å². The normalized spacial score (nSPS) is 37.7. The van der Waals surface area contributed by atoms with Crippen molar-refractivity contribution in [1.82, 2.24) is 5.32 Å². The lowest BCUT2D eigenvalue weighted by Crippen LogP contribution is -2.58. The number of ether oxygens (including phenoxy) is 1. The number of benzene rings is 1. The average molecular weight is 319 g/mol. The first-order chi connectivity index (χ1) is 10.3. The second kappa shape index (κ2) is 5.47. The van der Waals surface area contributed by atoms with Crippen molar-refractivity contribution in [1.29, 1.82) is 0 Å². The Labute approximate surface area is 124 Å². The van der Waals surface area contributed by atoms with Crippen LogP contribution in [0.3, 0.4) is 0 Å².